The summed E-state index contributed by atoms with van der Waals surface area (Å²) in [6.07, 6.45) is 3.50. The molecular formula is C9H8Cl2N2O. The molecule has 0 saturated heterocycles. The van der Waals surface area contributed by atoms with Crippen molar-refractivity contribution in [2.24, 2.45) is 5.73 Å². The van der Waals surface area contributed by atoms with E-state index in [1.165, 1.54) is 6.07 Å². The molecule has 0 spiro atoms. The van der Waals surface area contributed by atoms with Crippen molar-refractivity contribution in [2.75, 3.05) is 0 Å². The Balaban J connectivity index is 3.34. The molecule has 0 bridgehead atoms. The van der Waals surface area contributed by atoms with Gasteiger partial charge in [0.25, 0.3) is 5.91 Å². The molecular weight excluding hydrogens is 223 g/mol. The van der Waals surface area contributed by atoms with Crippen molar-refractivity contribution in [3.63, 3.8) is 0 Å². The highest BCUT2D eigenvalue weighted by Gasteiger charge is 2.11. The van der Waals surface area contributed by atoms with Crippen LogP contribution >= 0.6 is 23.2 Å². The summed E-state index contributed by atoms with van der Waals surface area (Å²) < 4.78 is 0. The van der Waals surface area contributed by atoms with Crippen molar-refractivity contribution in [1.29, 1.82) is 0 Å². The van der Waals surface area contributed by atoms with Gasteiger partial charge in [0.15, 0.2) is 0 Å². The third-order valence-corrected chi connectivity index (χ3v) is 2.16. The first-order valence-corrected chi connectivity index (χ1v) is 4.60. The van der Waals surface area contributed by atoms with Crippen molar-refractivity contribution in [2.45, 2.75) is 6.92 Å². The van der Waals surface area contributed by atoms with Gasteiger partial charge >= 0.3 is 0 Å². The van der Waals surface area contributed by atoms with Crippen LogP contribution in [0.25, 0.3) is 6.08 Å². The van der Waals surface area contributed by atoms with E-state index in [2.05, 4.69) is 4.98 Å². The summed E-state index contributed by atoms with van der Waals surface area (Å²) in [7, 11) is 0. The van der Waals surface area contributed by atoms with Crippen molar-refractivity contribution < 1.29 is 4.79 Å². The lowest BCUT2D eigenvalue weighted by Crippen LogP contribution is -2.12. The van der Waals surface area contributed by atoms with Gasteiger partial charge in [-0.3, -0.25) is 4.79 Å². The fourth-order valence-electron chi connectivity index (χ4n) is 0.955. The van der Waals surface area contributed by atoms with E-state index in [0.29, 0.717) is 5.56 Å². The van der Waals surface area contributed by atoms with E-state index >= 15 is 0 Å². The van der Waals surface area contributed by atoms with Gasteiger partial charge in [0.05, 0.1) is 5.56 Å². The van der Waals surface area contributed by atoms with Gasteiger partial charge < -0.3 is 5.73 Å². The average molecular weight is 231 g/mol. The van der Waals surface area contributed by atoms with E-state index < -0.39 is 5.91 Å². The molecule has 0 aliphatic carbocycles. The van der Waals surface area contributed by atoms with Crippen LogP contribution in [-0.2, 0) is 0 Å². The molecule has 1 amide bonds. The minimum absolute atomic E-state index is 0.0238. The maximum absolute atomic E-state index is 10.9. The van der Waals surface area contributed by atoms with Gasteiger partial charge in [0.1, 0.15) is 10.3 Å². The Kier molecular flexibility index (Phi) is 3.49. The lowest BCUT2D eigenvalue weighted by Gasteiger charge is -2.02. The van der Waals surface area contributed by atoms with E-state index in [9.17, 15) is 4.79 Å². The van der Waals surface area contributed by atoms with Crippen LogP contribution in [0.5, 0.6) is 0 Å². The maximum atomic E-state index is 10.9. The van der Waals surface area contributed by atoms with Crippen LogP contribution in [-0.4, -0.2) is 10.9 Å². The summed E-state index contributed by atoms with van der Waals surface area (Å²) in [6, 6.07) is 1.51. The fraction of sp³-hybridized carbons (Fsp3) is 0.111. The van der Waals surface area contributed by atoms with Gasteiger partial charge in [-0.05, 0) is 13.0 Å². The number of hydrogen-bond acceptors (Lipinski definition) is 2. The topological polar surface area (TPSA) is 56.0 Å². The Morgan fingerprint density at radius 1 is 1.50 bits per heavy atom. The first-order valence-electron chi connectivity index (χ1n) is 3.84. The molecule has 0 unspecified atom stereocenters. The van der Waals surface area contributed by atoms with Crippen molar-refractivity contribution >= 4 is 35.2 Å². The SMILES string of the molecule is CC=Cc1cc(C(N)=O)c(Cl)nc1Cl. The second-order valence-corrected chi connectivity index (χ2v) is 3.29. The molecule has 0 aliphatic rings. The number of aromatic nitrogens is 1. The zero-order valence-electron chi connectivity index (χ0n) is 7.42. The molecule has 1 rings (SSSR count). The third kappa shape index (κ3) is 2.25. The summed E-state index contributed by atoms with van der Waals surface area (Å²) in [5, 5.41) is 0.272. The molecule has 0 atom stereocenters. The molecule has 0 saturated carbocycles. The molecule has 14 heavy (non-hydrogen) atoms. The number of nitrogens with zero attached hydrogens (tertiary/aromatic N) is 1. The maximum Gasteiger partial charge on any atom is 0.251 e. The number of rotatable bonds is 2. The number of pyridine rings is 1. The minimum atomic E-state index is -0.620. The van der Waals surface area contributed by atoms with Crippen LogP contribution in [0.1, 0.15) is 22.8 Å². The van der Waals surface area contributed by atoms with E-state index in [0.717, 1.165) is 0 Å². The molecule has 2 N–H and O–H groups in total. The number of primary amides is 1. The molecule has 0 aromatic carbocycles. The highest BCUT2D eigenvalue weighted by atomic mass is 35.5. The summed E-state index contributed by atoms with van der Waals surface area (Å²) in [5.41, 5.74) is 5.89. The zero-order chi connectivity index (χ0) is 10.7. The normalized spacial score (nSPS) is 10.8. The second kappa shape index (κ2) is 4.44. The largest absolute Gasteiger partial charge is 0.366 e. The predicted octanol–water partition coefficient (Wildman–Crippen LogP) is 2.52. The number of nitrogens with two attached hydrogens (primary N) is 1. The van der Waals surface area contributed by atoms with Crippen molar-refractivity contribution in [1.82, 2.24) is 4.98 Å². The van der Waals surface area contributed by atoms with E-state index in [1.807, 2.05) is 6.92 Å². The summed E-state index contributed by atoms with van der Waals surface area (Å²) in [5.74, 6) is -0.620. The molecule has 74 valence electrons. The number of amides is 1. The molecule has 1 aromatic rings. The Morgan fingerprint density at radius 3 is 2.64 bits per heavy atom. The monoisotopic (exact) mass is 230 g/mol. The number of hydrogen-bond donors (Lipinski definition) is 1. The number of halogens is 2. The van der Waals surface area contributed by atoms with Gasteiger partial charge in [-0.25, -0.2) is 4.98 Å². The van der Waals surface area contributed by atoms with E-state index in [4.69, 9.17) is 28.9 Å². The standard InChI is InChI=1S/C9H8Cl2N2O/c1-2-3-5-4-6(9(12)14)8(11)13-7(5)10/h2-4H,1H3,(H2,12,14). The Hall–Kier alpha value is -1.06. The molecule has 3 nitrogen and oxygen atoms in total. The summed E-state index contributed by atoms with van der Waals surface area (Å²) >= 11 is 11.5. The summed E-state index contributed by atoms with van der Waals surface area (Å²) in [4.78, 5) is 14.7. The molecule has 1 heterocycles. The fourth-order valence-corrected chi connectivity index (χ4v) is 1.43. The van der Waals surface area contributed by atoms with E-state index in [-0.39, 0.29) is 15.9 Å². The van der Waals surface area contributed by atoms with E-state index in [1.54, 1.807) is 12.2 Å². The molecule has 0 fully saturated rings. The van der Waals surface area contributed by atoms with Crippen LogP contribution < -0.4 is 5.73 Å². The van der Waals surface area contributed by atoms with Crippen molar-refractivity contribution in [3.8, 4) is 0 Å². The van der Waals surface area contributed by atoms with Crippen LogP contribution in [0.3, 0.4) is 0 Å². The van der Waals surface area contributed by atoms with Gasteiger partial charge in [0, 0.05) is 5.56 Å². The average Bonchev–Trinajstić information content (AvgIpc) is 2.09. The quantitative estimate of drug-likeness (QED) is 0.795. The molecule has 5 heteroatoms. The minimum Gasteiger partial charge on any atom is -0.366 e. The first kappa shape index (κ1) is 11.0. The Bertz CT molecular complexity index is 402. The third-order valence-electron chi connectivity index (χ3n) is 1.57. The predicted molar refractivity (Wildman–Crippen MR) is 57.5 cm³/mol. The zero-order valence-corrected chi connectivity index (χ0v) is 8.93. The second-order valence-electron chi connectivity index (χ2n) is 2.57. The molecule has 0 aliphatic heterocycles. The molecule has 1 aromatic heterocycles. The molecule has 0 radical (unpaired) electrons. The van der Waals surface area contributed by atoms with Crippen LogP contribution in [0.15, 0.2) is 12.1 Å². The smallest absolute Gasteiger partial charge is 0.251 e. The number of carbonyl (C=O) groups is 1. The Morgan fingerprint density at radius 2 is 2.14 bits per heavy atom. The summed E-state index contributed by atoms with van der Waals surface area (Å²) in [6.45, 7) is 1.83. The van der Waals surface area contributed by atoms with Gasteiger partial charge in [-0.15, -0.1) is 0 Å². The van der Waals surface area contributed by atoms with Crippen LogP contribution in [0.4, 0.5) is 0 Å². The lowest BCUT2D eigenvalue weighted by molar-refractivity contribution is 0.1000. The van der Waals surface area contributed by atoms with Crippen LogP contribution in [0, 0.1) is 0 Å². The lowest BCUT2D eigenvalue weighted by atomic mass is 10.2. The Labute approximate surface area is 91.5 Å². The van der Waals surface area contributed by atoms with Gasteiger partial charge in [0.2, 0.25) is 0 Å². The van der Waals surface area contributed by atoms with Gasteiger partial charge in [-0.1, -0.05) is 35.4 Å². The number of carbonyl (C=O) groups excluding carboxylic acids is 1. The highest BCUT2D eigenvalue weighted by Crippen LogP contribution is 2.22. The first-order chi connectivity index (χ1) is 6.56. The van der Waals surface area contributed by atoms with Crippen LogP contribution in [0.2, 0.25) is 10.3 Å². The number of allylic oxidation sites excluding steroid dienone is 1. The highest BCUT2D eigenvalue weighted by molar-refractivity contribution is 6.35. The van der Waals surface area contributed by atoms with Crippen molar-refractivity contribution in [3.05, 3.63) is 33.6 Å². The van der Waals surface area contributed by atoms with Gasteiger partial charge in [-0.2, -0.15) is 0 Å².